The normalized spacial score (nSPS) is 14.5. The number of thioether (sulfide) groups is 1. The molecule has 0 saturated carbocycles. The van der Waals surface area contributed by atoms with Crippen molar-refractivity contribution in [1.82, 2.24) is 9.55 Å². The molecule has 1 N–H and O–H groups in total. The second-order valence-corrected chi connectivity index (χ2v) is 8.67. The summed E-state index contributed by atoms with van der Waals surface area (Å²) in [6, 6.07) is 12.8. The smallest absolute Gasteiger partial charge is 0.244 e. The van der Waals surface area contributed by atoms with Crippen LogP contribution in [0.2, 0.25) is 5.02 Å². The van der Waals surface area contributed by atoms with Gasteiger partial charge in [-0.2, -0.15) is 0 Å². The Labute approximate surface area is 183 Å². The number of hydrogen-bond donors (Lipinski definition) is 1. The van der Waals surface area contributed by atoms with Crippen LogP contribution in [0.3, 0.4) is 0 Å². The molecule has 0 aliphatic carbocycles. The quantitative estimate of drug-likeness (QED) is 0.585. The number of nitrogens with one attached hydrogen (secondary N) is 1. The molecule has 2 heterocycles. The predicted octanol–water partition coefficient (Wildman–Crippen LogP) is 3.80. The molecule has 1 atom stereocenters. The molecule has 7 nitrogen and oxygen atoms in total. The van der Waals surface area contributed by atoms with E-state index in [4.69, 9.17) is 16.3 Å². The lowest BCUT2D eigenvalue weighted by atomic mass is 10.2. The topological polar surface area (TPSA) is 76.5 Å². The van der Waals surface area contributed by atoms with E-state index in [1.807, 2.05) is 47.9 Å². The lowest BCUT2D eigenvalue weighted by Gasteiger charge is -2.30. The number of aromatic nitrogens is 2. The fraction of sp³-hybridized carbons (Fsp3) is 0.286. The van der Waals surface area contributed by atoms with Crippen molar-refractivity contribution >= 4 is 57.6 Å². The Morgan fingerprint density at radius 1 is 1.33 bits per heavy atom. The summed E-state index contributed by atoms with van der Waals surface area (Å²) in [7, 11) is 1.65. The molecular weight excluding hydrogens is 424 g/mol. The minimum atomic E-state index is -0.447. The van der Waals surface area contributed by atoms with E-state index in [1.165, 1.54) is 16.7 Å². The molecule has 3 aromatic rings. The molecular formula is C21H21ClN4O3S. The van der Waals surface area contributed by atoms with E-state index in [2.05, 4.69) is 10.3 Å². The van der Waals surface area contributed by atoms with Gasteiger partial charge in [0.2, 0.25) is 11.8 Å². The maximum absolute atomic E-state index is 13.2. The van der Waals surface area contributed by atoms with Crippen molar-refractivity contribution in [3.05, 3.63) is 47.5 Å². The molecule has 2 amide bonds. The molecule has 2 aromatic carbocycles. The number of rotatable bonds is 6. The summed E-state index contributed by atoms with van der Waals surface area (Å²) in [5.74, 6) is -0.355. The van der Waals surface area contributed by atoms with Gasteiger partial charge in [0.15, 0.2) is 5.16 Å². The average molecular weight is 445 g/mol. The zero-order valence-corrected chi connectivity index (χ0v) is 18.2. The van der Waals surface area contributed by atoms with Gasteiger partial charge in [0, 0.05) is 18.7 Å². The molecule has 0 bridgehead atoms. The lowest BCUT2D eigenvalue weighted by molar-refractivity contribution is -0.121. The second-order valence-electron chi connectivity index (χ2n) is 6.92. The third-order valence-corrected chi connectivity index (χ3v) is 6.17. The van der Waals surface area contributed by atoms with Crippen LogP contribution >= 0.6 is 23.4 Å². The van der Waals surface area contributed by atoms with Gasteiger partial charge in [-0.1, -0.05) is 35.5 Å². The minimum absolute atomic E-state index is 0.00353. The van der Waals surface area contributed by atoms with Crippen LogP contribution in [0, 0.1) is 0 Å². The molecule has 1 aliphatic rings. The van der Waals surface area contributed by atoms with E-state index in [0.29, 0.717) is 34.7 Å². The van der Waals surface area contributed by atoms with Gasteiger partial charge in [-0.25, -0.2) is 4.98 Å². The van der Waals surface area contributed by atoms with E-state index < -0.39 is 5.25 Å². The number of ether oxygens (including phenoxy) is 1. The van der Waals surface area contributed by atoms with Crippen molar-refractivity contribution in [3.63, 3.8) is 0 Å². The molecule has 1 aromatic heterocycles. The number of nitrogens with zero attached hydrogens (tertiary/aromatic N) is 3. The van der Waals surface area contributed by atoms with Crippen LogP contribution < -0.4 is 10.2 Å². The summed E-state index contributed by atoms with van der Waals surface area (Å²) < 4.78 is 7.27. The van der Waals surface area contributed by atoms with Crippen molar-refractivity contribution in [2.75, 3.05) is 30.5 Å². The van der Waals surface area contributed by atoms with Gasteiger partial charge >= 0.3 is 0 Å². The van der Waals surface area contributed by atoms with Crippen LogP contribution in [0.15, 0.2) is 47.6 Å². The van der Waals surface area contributed by atoms with Gasteiger partial charge in [-0.3, -0.25) is 14.5 Å². The second kappa shape index (κ2) is 8.67. The first-order valence-electron chi connectivity index (χ1n) is 9.49. The van der Waals surface area contributed by atoms with Gasteiger partial charge in [-0.05, 0) is 37.3 Å². The van der Waals surface area contributed by atoms with Gasteiger partial charge in [0.25, 0.3) is 0 Å². The van der Waals surface area contributed by atoms with Gasteiger partial charge in [0.05, 0.1) is 34.3 Å². The largest absolute Gasteiger partial charge is 0.383 e. The predicted molar refractivity (Wildman–Crippen MR) is 119 cm³/mol. The third kappa shape index (κ3) is 4.03. The van der Waals surface area contributed by atoms with Crippen molar-refractivity contribution < 1.29 is 14.3 Å². The summed E-state index contributed by atoms with van der Waals surface area (Å²) >= 11 is 7.48. The highest BCUT2D eigenvalue weighted by Gasteiger charge is 2.31. The van der Waals surface area contributed by atoms with Crippen LogP contribution in [-0.2, 0) is 20.9 Å². The lowest BCUT2D eigenvalue weighted by Crippen LogP contribution is -2.45. The maximum atomic E-state index is 13.2. The number of methoxy groups -OCH3 is 1. The number of fused-ring (bicyclic) bond motifs is 2. The number of carbonyl (C=O) groups excluding carboxylic acids is 2. The standard InChI is InChI=1S/C21H21ClN4O3S/c1-13(20(28)26-12-19(27)23-15-5-3-4-6-17(15)26)30-21-24-16-11-14(22)7-8-18(16)25(21)9-10-29-2/h3-8,11,13H,9-10,12H2,1-2H3,(H,23,27)/t13-/m0/s1. The summed E-state index contributed by atoms with van der Waals surface area (Å²) in [6.45, 7) is 2.95. The molecule has 0 fully saturated rings. The summed E-state index contributed by atoms with van der Waals surface area (Å²) in [5, 5.41) is 3.67. The zero-order chi connectivity index (χ0) is 21.3. The number of halogens is 1. The zero-order valence-electron chi connectivity index (χ0n) is 16.6. The SMILES string of the molecule is COCCn1c(S[C@@H](C)C(=O)N2CC(=O)Nc3ccccc32)nc2cc(Cl)ccc21. The Bertz CT molecular complexity index is 1120. The van der Waals surface area contributed by atoms with Crippen LogP contribution in [-0.4, -0.2) is 46.9 Å². The van der Waals surface area contributed by atoms with E-state index in [1.54, 1.807) is 13.2 Å². The number of carbonyl (C=O) groups is 2. The van der Waals surface area contributed by atoms with Crippen molar-refractivity contribution in [1.29, 1.82) is 0 Å². The van der Waals surface area contributed by atoms with E-state index in [0.717, 1.165) is 11.0 Å². The Balaban J connectivity index is 1.62. The first kappa shape index (κ1) is 20.7. The summed E-state index contributed by atoms with van der Waals surface area (Å²) in [4.78, 5) is 31.6. The average Bonchev–Trinajstić information content (AvgIpc) is 3.06. The molecule has 1 aliphatic heterocycles. The minimum Gasteiger partial charge on any atom is -0.383 e. The summed E-state index contributed by atoms with van der Waals surface area (Å²) in [5.41, 5.74) is 3.04. The number of hydrogen-bond acceptors (Lipinski definition) is 5. The monoisotopic (exact) mass is 444 g/mol. The van der Waals surface area contributed by atoms with Gasteiger partial charge in [-0.15, -0.1) is 0 Å². The molecule has 4 rings (SSSR count). The number of benzene rings is 2. The fourth-order valence-corrected chi connectivity index (χ4v) is 4.61. The fourth-order valence-electron chi connectivity index (χ4n) is 3.43. The van der Waals surface area contributed by atoms with Crippen LogP contribution in [0.5, 0.6) is 0 Å². The van der Waals surface area contributed by atoms with Gasteiger partial charge in [0.1, 0.15) is 6.54 Å². The Morgan fingerprint density at radius 3 is 2.93 bits per heavy atom. The first-order chi connectivity index (χ1) is 14.5. The molecule has 0 spiro atoms. The molecule has 156 valence electrons. The Kier molecular flexibility index (Phi) is 5.99. The van der Waals surface area contributed by atoms with Crippen LogP contribution in [0.25, 0.3) is 11.0 Å². The van der Waals surface area contributed by atoms with Crippen molar-refractivity contribution in [2.45, 2.75) is 23.9 Å². The molecule has 30 heavy (non-hydrogen) atoms. The van der Waals surface area contributed by atoms with E-state index in [9.17, 15) is 9.59 Å². The molecule has 0 unspecified atom stereocenters. The highest BCUT2D eigenvalue weighted by Crippen LogP contribution is 2.33. The number of imidazole rings is 1. The Morgan fingerprint density at radius 2 is 2.13 bits per heavy atom. The highest BCUT2D eigenvalue weighted by molar-refractivity contribution is 8.00. The van der Waals surface area contributed by atoms with E-state index in [-0.39, 0.29) is 18.4 Å². The van der Waals surface area contributed by atoms with Gasteiger partial charge < -0.3 is 14.6 Å². The third-order valence-electron chi connectivity index (χ3n) is 4.86. The van der Waals surface area contributed by atoms with Crippen molar-refractivity contribution in [3.8, 4) is 0 Å². The van der Waals surface area contributed by atoms with Crippen LogP contribution in [0.4, 0.5) is 11.4 Å². The number of para-hydroxylation sites is 2. The number of amides is 2. The number of anilines is 2. The Hall–Kier alpha value is -2.55. The maximum Gasteiger partial charge on any atom is 0.244 e. The van der Waals surface area contributed by atoms with E-state index >= 15 is 0 Å². The first-order valence-corrected chi connectivity index (χ1v) is 10.8. The highest BCUT2D eigenvalue weighted by atomic mass is 35.5. The molecule has 9 heteroatoms. The summed E-state index contributed by atoms with van der Waals surface area (Å²) in [6.07, 6.45) is 0. The van der Waals surface area contributed by atoms with Crippen molar-refractivity contribution in [2.24, 2.45) is 0 Å². The molecule has 0 saturated heterocycles. The molecule has 0 radical (unpaired) electrons. The van der Waals surface area contributed by atoms with Crippen LogP contribution in [0.1, 0.15) is 6.92 Å².